The second kappa shape index (κ2) is 6.22. The van der Waals surface area contributed by atoms with Gasteiger partial charge in [-0.25, -0.2) is 0 Å². The van der Waals surface area contributed by atoms with Crippen LogP contribution in [0.4, 0.5) is 0 Å². The Morgan fingerprint density at radius 1 is 1.11 bits per heavy atom. The van der Waals surface area contributed by atoms with E-state index in [0.29, 0.717) is 36.1 Å². The van der Waals surface area contributed by atoms with E-state index in [1.54, 1.807) is 0 Å². The van der Waals surface area contributed by atoms with Crippen LogP contribution in [0.3, 0.4) is 0 Å². The minimum absolute atomic E-state index is 0.0204. The maximum absolute atomic E-state index is 11.0. The third kappa shape index (κ3) is 2.43. The van der Waals surface area contributed by atoms with E-state index >= 15 is 0 Å². The summed E-state index contributed by atoms with van der Waals surface area (Å²) in [5.74, 6) is 2.83. The summed E-state index contributed by atoms with van der Waals surface area (Å²) in [5.41, 5.74) is 2.88. The van der Waals surface area contributed by atoms with Gasteiger partial charge in [0.25, 0.3) is 0 Å². The highest BCUT2D eigenvalue weighted by molar-refractivity contribution is 5.71. The van der Waals surface area contributed by atoms with Crippen LogP contribution in [0.15, 0.2) is 40.4 Å². The van der Waals surface area contributed by atoms with Crippen molar-refractivity contribution < 1.29 is 10.2 Å². The quantitative estimate of drug-likeness (QED) is 0.641. The van der Waals surface area contributed by atoms with Gasteiger partial charge < -0.3 is 15.1 Å². The summed E-state index contributed by atoms with van der Waals surface area (Å²) in [4.78, 5) is 6.58. The summed E-state index contributed by atoms with van der Waals surface area (Å²) < 4.78 is 0. The largest absolute Gasteiger partial charge is 0.510 e. The first-order valence-electron chi connectivity index (χ1n) is 11.1. The number of hydrogen-bond donors (Lipinski definition) is 2. The summed E-state index contributed by atoms with van der Waals surface area (Å²) >= 11 is 0. The first kappa shape index (κ1) is 18.5. The van der Waals surface area contributed by atoms with E-state index in [9.17, 15) is 10.2 Å². The molecule has 1 heterocycles. The molecule has 2 fully saturated rings. The topological polar surface area (TPSA) is 56.1 Å². The molecule has 4 heteroatoms. The highest BCUT2D eigenvalue weighted by Gasteiger charge is 2.60. The Bertz CT molecular complexity index is 796. The van der Waals surface area contributed by atoms with Gasteiger partial charge >= 0.3 is 0 Å². The van der Waals surface area contributed by atoms with Gasteiger partial charge in [0, 0.05) is 24.3 Å². The van der Waals surface area contributed by atoms with Crippen molar-refractivity contribution in [2.45, 2.75) is 65.4 Å². The van der Waals surface area contributed by atoms with Crippen molar-refractivity contribution in [3.05, 3.63) is 35.4 Å². The molecule has 2 N–H and O–H groups in total. The van der Waals surface area contributed by atoms with Crippen LogP contribution >= 0.6 is 0 Å². The van der Waals surface area contributed by atoms with Crippen LogP contribution in [0.25, 0.3) is 0 Å². The summed E-state index contributed by atoms with van der Waals surface area (Å²) in [7, 11) is 0. The molecule has 0 aromatic heterocycles. The highest BCUT2D eigenvalue weighted by Crippen LogP contribution is 2.67. The van der Waals surface area contributed by atoms with Gasteiger partial charge in [-0.1, -0.05) is 32.4 Å². The van der Waals surface area contributed by atoms with Crippen LogP contribution in [0, 0.1) is 34.5 Å². The molecule has 0 aromatic carbocycles. The van der Waals surface area contributed by atoms with E-state index in [1.165, 1.54) is 12.0 Å². The first-order valence-corrected chi connectivity index (χ1v) is 11.1. The number of hydrogen-bond acceptors (Lipinski definition) is 4. The summed E-state index contributed by atoms with van der Waals surface area (Å²) in [6.45, 7) is 7.83. The average molecular weight is 383 g/mol. The lowest BCUT2D eigenvalue weighted by Gasteiger charge is -2.59. The van der Waals surface area contributed by atoms with E-state index in [1.807, 2.05) is 12.3 Å². The molecule has 1 aliphatic heterocycles. The third-order valence-electron chi connectivity index (χ3n) is 9.00. The SMILES string of the molecule is C[C@H]1C=C2C[C@@H](O)CC[C@]2(C)[C@H]2CC[C@]3(C)C(N4C=CC=NC4)=C(O)C[C@H]3[C@H]12. The zero-order valence-corrected chi connectivity index (χ0v) is 17.4. The molecule has 0 bridgehead atoms. The normalized spacial score (nSPS) is 47.5. The fraction of sp³-hybridized carbons (Fsp3) is 0.708. The first-order chi connectivity index (χ1) is 13.3. The molecular formula is C24H34N2O2. The van der Waals surface area contributed by atoms with E-state index in [-0.39, 0.29) is 16.9 Å². The molecule has 0 aromatic rings. The van der Waals surface area contributed by atoms with Gasteiger partial charge in [0.15, 0.2) is 0 Å². The number of aliphatic hydroxyl groups excluding tert-OH is 2. The monoisotopic (exact) mass is 382 g/mol. The second-order valence-electron chi connectivity index (χ2n) is 10.4. The molecule has 0 radical (unpaired) electrons. The number of aliphatic imine (C=N–C) groups is 1. The minimum Gasteiger partial charge on any atom is -0.510 e. The number of aliphatic hydroxyl groups is 2. The lowest BCUT2D eigenvalue weighted by atomic mass is 9.46. The molecule has 5 aliphatic rings. The van der Waals surface area contributed by atoms with E-state index < -0.39 is 0 Å². The Hall–Kier alpha value is -1.55. The number of rotatable bonds is 1. The lowest BCUT2D eigenvalue weighted by molar-refractivity contribution is -0.0529. The Balaban J connectivity index is 1.51. The van der Waals surface area contributed by atoms with Gasteiger partial charge in [-0.15, -0.1) is 0 Å². The van der Waals surface area contributed by atoms with Crippen LogP contribution in [0.5, 0.6) is 0 Å². The minimum atomic E-state index is -0.160. The van der Waals surface area contributed by atoms with Crippen molar-refractivity contribution in [1.29, 1.82) is 0 Å². The molecule has 5 rings (SSSR count). The maximum atomic E-state index is 11.0. The molecule has 0 saturated heterocycles. The smallest absolute Gasteiger partial charge is 0.114 e. The summed E-state index contributed by atoms with van der Waals surface area (Å²) in [5, 5.41) is 21.3. The Morgan fingerprint density at radius 3 is 2.64 bits per heavy atom. The predicted octanol–water partition coefficient (Wildman–Crippen LogP) is 4.79. The Labute approximate surface area is 168 Å². The van der Waals surface area contributed by atoms with Crippen molar-refractivity contribution in [2.24, 2.45) is 39.5 Å². The zero-order valence-electron chi connectivity index (χ0n) is 17.4. The van der Waals surface area contributed by atoms with Crippen molar-refractivity contribution in [3.63, 3.8) is 0 Å². The lowest BCUT2D eigenvalue weighted by Crippen LogP contribution is -2.53. The van der Waals surface area contributed by atoms with Crippen molar-refractivity contribution in [3.8, 4) is 0 Å². The van der Waals surface area contributed by atoms with Crippen molar-refractivity contribution >= 4 is 6.21 Å². The van der Waals surface area contributed by atoms with Crippen LogP contribution in [0.2, 0.25) is 0 Å². The molecule has 0 unspecified atom stereocenters. The van der Waals surface area contributed by atoms with Gasteiger partial charge in [0.05, 0.1) is 11.8 Å². The predicted molar refractivity (Wildman–Crippen MR) is 112 cm³/mol. The Morgan fingerprint density at radius 2 is 1.89 bits per heavy atom. The zero-order chi connectivity index (χ0) is 19.7. The van der Waals surface area contributed by atoms with Crippen LogP contribution in [-0.2, 0) is 0 Å². The molecule has 4 aliphatic carbocycles. The van der Waals surface area contributed by atoms with Gasteiger partial charge in [-0.05, 0) is 67.3 Å². The van der Waals surface area contributed by atoms with Crippen LogP contribution in [-0.4, -0.2) is 34.1 Å². The van der Waals surface area contributed by atoms with Crippen molar-refractivity contribution in [1.82, 2.24) is 4.90 Å². The number of allylic oxidation sites excluding steroid dienone is 4. The second-order valence-corrected chi connectivity index (χ2v) is 10.4. The molecule has 28 heavy (non-hydrogen) atoms. The van der Waals surface area contributed by atoms with E-state index in [4.69, 9.17) is 0 Å². The highest BCUT2D eigenvalue weighted by atomic mass is 16.3. The van der Waals surface area contributed by atoms with E-state index in [2.05, 4.69) is 42.9 Å². The van der Waals surface area contributed by atoms with Gasteiger partial charge in [0.2, 0.25) is 0 Å². The fourth-order valence-corrected chi connectivity index (χ4v) is 7.66. The molecule has 4 nitrogen and oxygen atoms in total. The molecule has 2 saturated carbocycles. The average Bonchev–Trinajstić information content (AvgIpc) is 2.94. The molecule has 0 amide bonds. The summed E-state index contributed by atoms with van der Waals surface area (Å²) in [6, 6.07) is 0. The van der Waals surface area contributed by atoms with Gasteiger partial charge in [-0.3, -0.25) is 4.99 Å². The molecular weight excluding hydrogens is 348 g/mol. The van der Waals surface area contributed by atoms with Gasteiger partial charge in [-0.2, -0.15) is 0 Å². The van der Waals surface area contributed by atoms with Crippen LogP contribution in [0.1, 0.15) is 59.3 Å². The molecule has 0 spiro atoms. The fourth-order valence-electron chi connectivity index (χ4n) is 7.66. The van der Waals surface area contributed by atoms with Crippen LogP contribution < -0.4 is 0 Å². The maximum Gasteiger partial charge on any atom is 0.114 e. The number of fused-ring (bicyclic) bond motifs is 5. The summed E-state index contributed by atoms with van der Waals surface area (Å²) in [6.07, 6.45) is 14.3. The Kier molecular flexibility index (Phi) is 4.11. The van der Waals surface area contributed by atoms with Crippen molar-refractivity contribution in [2.75, 3.05) is 6.67 Å². The number of nitrogens with zero attached hydrogens (tertiary/aromatic N) is 2. The molecule has 152 valence electrons. The molecule has 7 atom stereocenters. The van der Waals surface area contributed by atoms with E-state index in [0.717, 1.165) is 37.8 Å². The third-order valence-corrected chi connectivity index (χ3v) is 9.00. The standard InChI is InChI=1S/C24H34N2O2/c1-15-11-16-12-17(27)5-7-23(16,2)18-6-8-24(3)19(21(15)18)13-20(28)22(24)26-10-4-9-25-14-26/h4,9-11,15,17-19,21,27-28H,5-8,12-14H2,1-3H3/t15-,17-,18-,19-,21+,23-,24-/m0/s1. The van der Waals surface area contributed by atoms with Gasteiger partial charge in [0.1, 0.15) is 12.4 Å².